The molecule has 2 aromatic rings. The topological polar surface area (TPSA) is 209 Å². The fraction of sp³-hybridized carbons (Fsp3) is 0.579. The van der Waals surface area contributed by atoms with Crippen LogP contribution in [0.25, 0.3) is 0 Å². The summed E-state index contributed by atoms with van der Waals surface area (Å²) < 4.78 is 12.9. The Bertz CT molecular complexity index is 1140. The number of rotatable bonds is 4. The summed E-state index contributed by atoms with van der Waals surface area (Å²) in [6, 6.07) is 0. The number of H-pyrrole nitrogens is 2. The summed E-state index contributed by atoms with van der Waals surface area (Å²) in [6.45, 7) is 0.919. The second kappa shape index (κ2) is 10.8. The minimum Gasteiger partial charge on any atom is -0.394 e. The van der Waals surface area contributed by atoms with Gasteiger partial charge in [0.15, 0.2) is 0 Å². The predicted molar refractivity (Wildman–Crippen MR) is 116 cm³/mol. The van der Waals surface area contributed by atoms with Gasteiger partial charge in [0.25, 0.3) is 11.1 Å². The molecule has 0 saturated carbocycles. The molecule has 6 N–H and O–H groups in total. The maximum Gasteiger partial charge on any atom is 0.330 e. The number of aromatic nitrogens is 4. The van der Waals surface area contributed by atoms with Gasteiger partial charge < -0.3 is 29.9 Å². The summed E-state index contributed by atoms with van der Waals surface area (Å²) in [4.78, 5) is 49.5. The summed E-state index contributed by atoms with van der Waals surface area (Å²) in [5, 5.41) is 36.8. The fourth-order valence-electron chi connectivity index (χ4n) is 3.58. The van der Waals surface area contributed by atoms with Crippen molar-refractivity contribution < 1.29 is 29.9 Å². The standard InChI is InChI=1S/C10H14N2O5.C9H11ClN2O5/c1-5-3-12(10(16)11-9(5)15)8-2-6(14)7(4-13)17-8;10-4-2-12(9(16)11-8(4)15)7-1-5(14)6(3-13)17-7/h3,6-8,13-14H,2,4H2,1H3,(H,11,15,16);2,5-7,13-14H,1,3H2,(H,11,15,16)/t6-,7+,8+;5-,6+,7+/m00/s1. The predicted octanol–water partition coefficient (Wildman–Crippen LogP) is -2.68. The van der Waals surface area contributed by atoms with E-state index >= 15 is 0 Å². The van der Waals surface area contributed by atoms with E-state index in [1.54, 1.807) is 6.92 Å². The van der Waals surface area contributed by atoms with Gasteiger partial charge in [-0.1, -0.05) is 11.6 Å². The summed E-state index contributed by atoms with van der Waals surface area (Å²) in [5.74, 6) is 0. The molecular weight excluding hydrogens is 480 g/mol. The Balaban J connectivity index is 0.000000191. The smallest absolute Gasteiger partial charge is 0.330 e. The van der Waals surface area contributed by atoms with Crippen molar-refractivity contribution >= 4 is 11.6 Å². The molecule has 15 heteroatoms. The lowest BCUT2D eigenvalue weighted by molar-refractivity contribution is -0.0459. The van der Waals surface area contributed by atoms with Crippen molar-refractivity contribution in [1.29, 1.82) is 0 Å². The zero-order chi connectivity index (χ0) is 25.2. The van der Waals surface area contributed by atoms with Crippen LogP contribution in [-0.2, 0) is 9.47 Å². The number of aryl methyl sites for hydroxylation is 1. The largest absolute Gasteiger partial charge is 0.394 e. The number of hydrogen-bond acceptors (Lipinski definition) is 10. The molecule has 2 fully saturated rings. The van der Waals surface area contributed by atoms with Crippen molar-refractivity contribution in [2.24, 2.45) is 0 Å². The van der Waals surface area contributed by atoms with E-state index < -0.39 is 59.4 Å². The highest BCUT2D eigenvalue weighted by Crippen LogP contribution is 2.28. The number of hydrogen-bond donors (Lipinski definition) is 6. The summed E-state index contributed by atoms with van der Waals surface area (Å²) in [5.41, 5.74) is -1.99. The number of aromatic amines is 2. The van der Waals surface area contributed by atoms with Crippen LogP contribution in [0.1, 0.15) is 30.9 Å². The lowest BCUT2D eigenvalue weighted by atomic mass is 10.2. The molecule has 0 spiro atoms. The number of aliphatic hydroxyl groups excluding tert-OH is 4. The molecule has 0 amide bonds. The lowest BCUT2D eigenvalue weighted by Crippen LogP contribution is -2.33. The molecule has 188 valence electrons. The van der Waals surface area contributed by atoms with Crippen LogP contribution in [0.4, 0.5) is 0 Å². The van der Waals surface area contributed by atoms with E-state index in [9.17, 15) is 29.4 Å². The number of aliphatic hydroxyl groups is 4. The quantitative estimate of drug-likeness (QED) is 0.254. The maximum absolute atomic E-state index is 11.6. The molecule has 34 heavy (non-hydrogen) atoms. The van der Waals surface area contributed by atoms with Crippen LogP contribution in [0.3, 0.4) is 0 Å². The van der Waals surface area contributed by atoms with E-state index in [4.69, 9.17) is 31.3 Å². The zero-order valence-corrected chi connectivity index (χ0v) is 18.7. The van der Waals surface area contributed by atoms with Crippen molar-refractivity contribution in [2.75, 3.05) is 13.2 Å². The average Bonchev–Trinajstić information content (AvgIpc) is 3.35. The first-order valence-corrected chi connectivity index (χ1v) is 10.6. The molecule has 0 aliphatic carbocycles. The van der Waals surface area contributed by atoms with Crippen LogP contribution in [0.5, 0.6) is 0 Å². The zero-order valence-electron chi connectivity index (χ0n) is 18.0. The van der Waals surface area contributed by atoms with Gasteiger partial charge in [-0.15, -0.1) is 0 Å². The first-order chi connectivity index (χ1) is 16.0. The van der Waals surface area contributed by atoms with E-state index in [1.807, 2.05) is 4.98 Å². The maximum atomic E-state index is 11.6. The Labute approximate surface area is 195 Å². The fourth-order valence-corrected chi connectivity index (χ4v) is 3.73. The molecule has 0 aromatic carbocycles. The van der Waals surface area contributed by atoms with Gasteiger partial charge in [-0.25, -0.2) is 9.59 Å². The molecule has 4 heterocycles. The third kappa shape index (κ3) is 5.55. The van der Waals surface area contributed by atoms with Crippen LogP contribution in [-0.4, -0.2) is 77.2 Å². The van der Waals surface area contributed by atoms with E-state index in [0.29, 0.717) is 5.56 Å². The second-order valence-electron chi connectivity index (χ2n) is 7.85. The summed E-state index contributed by atoms with van der Waals surface area (Å²) in [7, 11) is 0. The monoisotopic (exact) mass is 504 g/mol. The molecule has 6 atom stereocenters. The molecule has 2 saturated heterocycles. The SMILES string of the molecule is Cc1cn([C@H]2C[C@H](O)[C@@H](CO)O2)c(=O)[nH]c1=O.O=c1[nH]c(=O)n([C@H]2C[C@H](O)[C@@H](CO)O2)cc1Cl. The van der Waals surface area contributed by atoms with Crippen LogP contribution >= 0.6 is 11.6 Å². The van der Waals surface area contributed by atoms with Gasteiger partial charge in [-0.05, 0) is 6.92 Å². The van der Waals surface area contributed by atoms with Gasteiger partial charge in [0.2, 0.25) is 0 Å². The van der Waals surface area contributed by atoms with Crippen molar-refractivity contribution in [3.8, 4) is 0 Å². The Morgan fingerprint density at radius 3 is 1.76 bits per heavy atom. The van der Waals surface area contributed by atoms with Gasteiger partial charge in [-0.2, -0.15) is 0 Å². The van der Waals surface area contributed by atoms with Crippen molar-refractivity contribution in [2.45, 2.75) is 56.6 Å². The van der Waals surface area contributed by atoms with E-state index in [2.05, 4.69) is 4.98 Å². The van der Waals surface area contributed by atoms with E-state index in [1.165, 1.54) is 10.8 Å². The molecule has 0 unspecified atom stereocenters. The molecule has 2 aromatic heterocycles. The average molecular weight is 505 g/mol. The second-order valence-corrected chi connectivity index (χ2v) is 8.26. The Kier molecular flexibility index (Phi) is 8.25. The lowest BCUT2D eigenvalue weighted by Gasteiger charge is -2.14. The normalized spacial score (nSPS) is 28.5. The third-order valence-electron chi connectivity index (χ3n) is 5.46. The Morgan fingerprint density at radius 1 is 0.882 bits per heavy atom. The molecule has 0 radical (unpaired) electrons. The highest BCUT2D eigenvalue weighted by molar-refractivity contribution is 6.30. The molecule has 2 aliphatic heterocycles. The van der Waals surface area contributed by atoms with Gasteiger partial charge >= 0.3 is 11.4 Å². The van der Waals surface area contributed by atoms with Gasteiger partial charge in [0, 0.05) is 30.8 Å². The molecule has 0 bridgehead atoms. The van der Waals surface area contributed by atoms with Gasteiger partial charge in [0.05, 0.1) is 25.4 Å². The molecule has 14 nitrogen and oxygen atoms in total. The van der Waals surface area contributed by atoms with Crippen LogP contribution < -0.4 is 22.5 Å². The van der Waals surface area contributed by atoms with E-state index in [-0.39, 0.29) is 31.1 Å². The van der Waals surface area contributed by atoms with E-state index in [0.717, 1.165) is 10.8 Å². The van der Waals surface area contributed by atoms with Gasteiger partial charge in [0.1, 0.15) is 29.7 Å². The van der Waals surface area contributed by atoms with Crippen LogP contribution in [0, 0.1) is 6.92 Å². The first-order valence-electron chi connectivity index (χ1n) is 10.3. The minimum atomic E-state index is -0.859. The molecular formula is C19H25ClN4O10. The minimum absolute atomic E-state index is 0.143. The van der Waals surface area contributed by atoms with Crippen molar-refractivity contribution in [1.82, 2.24) is 19.1 Å². The summed E-state index contributed by atoms with van der Waals surface area (Å²) >= 11 is 5.60. The van der Waals surface area contributed by atoms with Crippen LogP contribution in [0.2, 0.25) is 5.02 Å². The third-order valence-corrected chi connectivity index (χ3v) is 5.73. The highest BCUT2D eigenvalue weighted by Gasteiger charge is 2.36. The molecule has 2 aliphatic rings. The van der Waals surface area contributed by atoms with Crippen molar-refractivity contribution in [3.05, 3.63) is 64.7 Å². The van der Waals surface area contributed by atoms with Crippen molar-refractivity contribution in [3.63, 3.8) is 0 Å². The highest BCUT2D eigenvalue weighted by atomic mass is 35.5. The number of halogens is 1. The van der Waals surface area contributed by atoms with Gasteiger partial charge in [-0.3, -0.25) is 28.7 Å². The number of ether oxygens (including phenoxy) is 2. The number of nitrogens with zero attached hydrogens (tertiary/aromatic N) is 2. The summed E-state index contributed by atoms with van der Waals surface area (Å²) in [6.07, 6.45) is -1.62. The Hall–Kier alpha value is -2.59. The first kappa shape index (κ1) is 26.0. The number of nitrogens with one attached hydrogen (secondary N) is 2. The Morgan fingerprint density at radius 2 is 1.32 bits per heavy atom. The molecule has 4 rings (SSSR count). The van der Waals surface area contributed by atoms with Crippen LogP contribution in [0.15, 0.2) is 31.6 Å².